The molecule has 16 heteroatoms. The van der Waals surface area contributed by atoms with Gasteiger partial charge in [-0.25, -0.2) is 9.37 Å². The number of aliphatic hydroxyl groups is 1. The van der Waals surface area contributed by atoms with E-state index in [1.807, 2.05) is 6.92 Å². The smallest absolute Gasteiger partial charge is 0.462 e. The average molecular weight is 549 g/mol. The second kappa shape index (κ2) is 9.92. The zero-order valence-corrected chi connectivity index (χ0v) is 21.8. The lowest BCUT2D eigenvalue weighted by Crippen LogP contribution is -2.35. The molecule has 5 N–H and O–H groups in total. The predicted octanol–water partition coefficient (Wildman–Crippen LogP) is 1.79. The van der Waals surface area contributed by atoms with Gasteiger partial charge in [0.2, 0.25) is 5.95 Å². The SMILES string of the molecule is CCCNc1nc(N)nc2c1ncn2[C@@H]1O[C@]2(CCl)C(O[P+](=O)N[C@@H](C)C(=O)OC(C)C)[C@]2(O)[C@H]1F. The van der Waals surface area contributed by atoms with Gasteiger partial charge in [0.1, 0.15) is 6.04 Å². The summed E-state index contributed by atoms with van der Waals surface area (Å²) in [6, 6.07) is -0.969. The number of rotatable bonds is 11. The molecule has 1 aliphatic carbocycles. The van der Waals surface area contributed by atoms with Crippen LogP contribution in [0.5, 0.6) is 0 Å². The molecular weight excluding hydrogens is 520 g/mol. The first-order valence-electron chi connectivity index (χ1n) is 11.4. The topological polar surface area (TPSA) is 176 Å². The molecule has 2 aromatic rings. The second-order valence-electron chi connectivity index (χ2n) is 9.02. The number of anilines is 2. The summed E-state index contributed by atoms with van der Waals surface area (Å²) in [5.41, 5.74) is 2.49. The van der Waals surface area contributed by atoms with Crippen molar-refractivity contribution in [1.82, 2.24) is 24.6 Å². The Morgan fingerprint density at radius 3 is 2.78 bits per heavy atom. The molecule has 0 bridgehead atoms. The molecule has 0 amide bonds. The van der Waals surface area contributed by atoms with Crippen molar-refractivity contribution < 1.29 is 32.9 Å². The fraction of sp³-hybridized carbons (Fsp3) is 0.700. The Morgan fingerprint density at radius 1 is 1.44 bits per heavy atom. The van der Waals surface area contributed by atoms with E-state index in [9.17, 15) is 14.5 Å². The van der Waals surface area contributed by atoms with Gasteiger partial charge in [-0.3, -0.25) is 9.36 Å². The highest BCUT2D eigenvalue weighted by Crippen LogP contribution is 2.66. The van der Waals surface area contributed by atoms with Gasteiger partial charge in [-0.1, -0.05) is 12.0 Å². The van der Waals surface area contributed by atoms with Crippen LogP contribution >= 0.6 is 19.8 Å². The molecule has 0 radical (unpaired) electrons. The first-order valence-corrected chi connectivity index (χ1v) is 13.2. The highest BCUT2D eigenvalue weighted by atomic mass is 35.5. The van der Waals surface area contributed by atoms with Crippen LogP contribution < -0.4 is 16.1 Å². The van der Waals surface area contributed by atoms with E-state index in [-0.39, 0.29) is 23.6 Å². The Hall–Kier alpha value is -2.22. The summed E-state index contributed by atoms with van der Waals surface area (Å²) in [4.78, 5) is 24.5. The first-order chi connectivity index (χ1) is 17.0. The standard InChI is InChI=1S/C20H29ClFN7O6P/c1-5-6-24-13-11-14(27-18(23)26-13)29(8-25-11)15-12(22)20(31)17(19(20,7-21)34-15)35-36(32)28-10(4)16(30)33-9(2)3/h8-10,12,15,17,31H,5-7H2,1-4H3,(H,28,32)(H3,23,24,26,27)/q+1/t10-,12-,15+,17?,19+,20+/m0/s1. The summed E-state index contributed by atoms with van der Waals surface area (Å²) in [6.07, 6.45) is -2.99. The minimum absolute atomic E-state index is 0.0541. The van der Waals surface area contributed by atoms with Gasteiger partial charge >= 0.3 is 14.1 Å². The van der Waals surface area contributed by atoms with Crippen molar-refractivity contribution >= 4 is 48.7 Å². The summed E-state index contributed by atoms with van der Waals surface area (Å²) in [7, 11) is -2.70. The van der Waals surface area contributed by atoms with Crippen molar-refractivity contribution in [3.05, 3.63) is 6.33 Å². The van der Waals surface area contributed by atoms with Crippen LogP contribution in [-0.4, -0.2) is 78.6 Å². The molecule has 2 fully saturated rings. The van der Waals surface area contributed by atoms with E-state index in [0.717, 1.165) is 6.42 Å². The van der Waals surface area contributed by atoms with Gasteiger partial charge in [0.15, 0.2) is 46.7 Å². The highest BCUT2D eigenvalue weighted by Gasteiger charge is 2.91. The molecule has 7 atom stereocenters. The lowest BCUT2D eigenvalue weighted by Gasteiger charge is -2.21. The molecule has 2 aromatic heterocycles. The Bertz CT molecular complexity index is 1170. The number of hydrogen-bond donors (Lipinski definition) is 4. The Balaban J connectivity index is 1.52. The summed E-state index contributed by atoms with van der Waals surface area (Å²) in [5.74, 6) is -0.662. The van der Waals surface area contributed by atoms with E-state index in [2.05, 4.69) is 25.4 Å². The number of aromatic nitrogens is 4. The molecule has 198 valence electrons. The molecule has 1 saturated carbocycles. The number of esters is 1. The first kappa shape index (κ1) is 26.8. The van der Waals surface area contributed by atoms with E-state index in [4.69, 9.17) is 31.3 Å². The number of nitrogens with two attached hydrogens (primary N) is 1. The van der Waals surface area contributed by atoms with Gasteiger partial charge in [-0.05, 0) is 31.8 Å². The predicted molar refractivity (Wildman–Crippen MR) is 128 cm³/mol. The molecule has 3 heterocycles. The van der Waals surface area contributed by atoms with Crippen LogP contribution in [0, 0.1) is 0 Å². The van der Waals surface area contributed by atoms with E-state index in [0.29, 0.717) is 17.9 Å². The summed E-state index contributed by atoms with van der Waals surface area (Å²) in [6.45, 7) is 7.37. The van der Waals surface area contributed by atoms with E-state index in [1.165, 1.54) is 17.8 Å². The maximum Gasteiger partial charge on any atom is 0.614 e. The number of nitrogens with zero attached hydrogens (tertiary/aromatic N) is 4. The molecule has 4 rings (SSSR count). The zero-order valence-electron chi connectivity index (χ0n) is 20.1. The van der Waals surface area contributed by atoms with Gasteiger partial charge in [-0.2, -0.15) is 9.97 Å². The van der Waals surface area contributed by atoms with Crippen LogP contribution in [0.1, 0.15) is 40.3 Å². The van der Waals surface area contributed by atoms with Crippen LogP contribution in [0.15, 0.2) is 6.33 Å². The molecule has 36 heavy (non-hydrogen) atoms. The van der Waals surface area contributed by atoms with Gasteiger partial charge in [-0.15, -0.1) is 16.1 Å². The number of alkyl halides is 2. The van der Waals surface area contributed by atoms with Crippen molar-refractivity contribution in [2.24, 2.45) is 0 Å². The van der Waals surface area contributed by atoms with Gasteiger partial charge in [0.05, 0.1) is 18.3 Å². The van der Waals surface area contributed by atoms with Gasteiger partial charge in [0, 0.05) is 6.54 Å². The second-order valence-corrected chi connectivity index (χ2v) is 10.3. The lowest BCUT2D eigenvalue weighted by molar-refractivity contribution is -0.149. The number of carbonyl (C=O) groups is 1. The molecule has 0 spiro atoms. The molecule has 2 unspecified atom stereocenters. The van der Waals surface area contributed by atoms with Crippen molar-refractivity contribution in [3.8, 4) is 0 Å². The van der Waals surface area contributed by atoms with Gasteiger partial charge in [0.25, 0.3) is 0 Å². The minimum Gasteiger partial charge on any atom is -0.462 e. The third-order valence-corrected chi connectivity index (χ3v) is 7.48. The lowest BCUT2D eigenvalue weighted by atomic mass is 10.1. The number of nitrogens with one attached hydrogen (secondary N) is 2. The number of imidazole rings is 1. The quantitative estimate of drug-likeness (QED) is 0.182. The van der Waals surface area contributed by atoms with Gasteiger partial charge < -0.3 is 25.6 Å². The number of fused-ring (bicyclic) bond motifs is 2. The Labute approximate surface area is 212 Å². The average Bonchev–Trinajstić information content (AvgIpc) is 3.06. The van der Waals surface area contributed by atoms with Crippen LogP contribution in [0.25, 0.3) is 11.2 Å². The highest BCUT2D eigenvalue weighted by molar-refractivity contribution is 7.36. The Kier molecular flexibility index (Phi) is 7.39. The molecule has 1 aliphatic heterocycles. The Morgan fingerprint density at radius 2 is 2.17 bits per heavy atom. The molecule has 2 aliphatic rings. The van der Waals surface area contributed by atoms with Crippen LogP contribution in [0.3, 0.4) is 0 Å². The third-order valence-electron chi connectivity index (χ3n) is 6.08. The monoisotopic (exact) mass is 548 g/mol. The van der Waals surface area contributed by atoms with Crippen molar-refractivity contribution in [1.29, 1.82) is 0 Å². The van der Waals surface area contributed by atoms with Crippen LogP contribution in [-0.2, 0) is 23.4 Å². The van der Waals surface area contributed by atoms with E-state index < -0.39 is 49.9 Å². The molecular formula is C20H29ClFN7O6P+. The summed E-state index contributed by atoms with van der Waals surface area (Å²) in [5, 5.41) is 16.7. The maximum absolute atomic E-state index is 15.7. The van der Waals surface area contributed by atoms with Crippen LogP contribution in [0.4, 0.5) is 16.2 Å². The molecule has 13 nitrogen and oxygen atoms in total. The molecule has 1 saturated heterocycles. The number of hydrogen-bond acceptors (Lipinski definition) is 11. The number of ether oxygens (including phenoxy) is 2. The van der Waals surface area contributed by atoms with Crippen molar-refractivity contribution in [2.45, 2.75) is 76.0 Å². The number of carbonyl (C=O) groups excluding carboxylic acids is 1. The van der Waals surface area contributed by atoms with Crippen molar-refractivity contribution in [2.75, 3.05) is 23.5 Å². The fourth-order valence-electron chi connectivity index (χ4n) is 4.24. The summed E-state index contributed by atoms with van der Waals surface area (Å²) < 4.78 is 45.8. The maximum atomic E-state index is 15.7. The van der Waals surface area contributed by atoms with E-state index >= 15 is 4.39 Å². The third kappa shape index (κ3) is 4.29. The largest absolute Gasteiger partial charge is 0.614 e. The normalized spacial score (nSPS) is 30.3. The fourth-order valence-corrected chi connectivity index (χ4v) is 5.66. The number of halogens is 2. The number of nitrogen functional groups attached to an aromatic ring is 1. The zero-order chi connectivity index (χ0) is 26.4. The van der Waals surface area contributed by atoms with Crippen molar-refractivity contribution in [3.63, 3.8) is 0 Å². The molecule has 0 aromatic carbocycles. The minimum atomic E-state index is -2.70. The summed E-state index contributed by atoms with van der Waals surface area (Å²) >= 11 is 6.09. The van der Waals surface area contributed by atoms with E-state index in [1.54, 1.807) is 13.8 Å². The van der Waals surface area contributed by atoms with Crippen LogP contribution in [0.2, 0.25) is 0 Å².